The quantitative estimate of drug-likeness (QED) is 0.867. The van der Waals surface area contributed by atoms with Gasteiger partial charge in [0.05, 0.1) is 5.69 Å². The Hall–Kier alpha value is -0.960. The first-order chi connectivity index (χ1) is 8.79. The van der Waals surface area contributed by atoms with Crippen molar-refractivity contribution in [1.29, 1.82) is 0 Å². The molecule has 2 N–H and O–H groups in total. The maximum atomic E-state index is 5.89. The van der Waals surface area contributed by atoms with Gasteiger partial charge in [0.25, 0.3) is 0 Å². The third-order valence-corrected chi connectivity index (χ3v) is 5.55. The summed E-state index contributed by atoms with van der Waals surface area (Å²) in [4.78, 5) is 8.80. The van der Waals surface area contributed by atoms with Crippen LogP contribution in [0.2, 0.25) is 0 Å². The molecular formula is C15H21N3. The van der Waals surface area contributed by atoms with Crippen LogP contribution in [0.15, 0.2) is 12.5 Å². The SMILES string of the molecule is NCc1cncnc1C12CC3CC(CC(C3)C1)C2. The molecule has 0 aromatic carbocycles. The Labute approximate surface area is 108 Å². The van der Waals surface area contributed by atoms with Crippen LogP contribution in [0.1, 0.15) is 49.8 Å². The molecule has 0 amide bonds. The van der Waals surface area contributed by atoms with E-state index in [1.165, 1.54) is 49.8 Å². The van der Waals surface area contributed by atoms with Gasteiger partial charge in [-0.1, -0.05) is 0 Å². The highest BCUT2D eigenvalue weighted by Gasteiger charge is 2.52. The van der Waals surface area contributed by atoms with Crippen molar-refractivity contribution in [3.05, 3.63) is 23.8 Å². The highest BCUT2D eigenvalue weighted by molar-refractivity contribution is 5.29. The van der Waals surface area contributed by atoms with Gasteiger partial charge in [-0.3, -0.25) is 0 Å². The molecule has 0 radical (unpaired) electrons. The van der Waals surface area contributed by atoms with Crippen LogP contribution in [0.5, 0.6) is 0 Å². The molecule has 0 saturated heterocycles. The first-order valence-corrected chi connectivity index (χ1v) is 7.28. The molecule has 4 bridgehead atoms. The van der Waals surface area contributed by atoms with Crippen molar-refractivity contribution < 1.29 is 0 Å². The fraction of sp³-hybridized carbons (Fsp3) is 0.733. The molecule has 3 nitrogen and oxygen atoms in total. The Kier molecular flexibility index (Phi) is 2.28. The van der Waals surface area contributed by atoms with Gasteiger partial charge < -0.3 is 5.73 Å². The maximum Gasteiger partial charge on any atom is 0.115 e. The Morgan fingerprint density at radius 2 is 1.72 bits per heavy atom. The first-order valence-electron chi connectivity index (χ1n) is 7.28. The van der Waals surface area contributed by atoms with Crippen molar-refractivity contribution in [3.8, 4) is 0 Å². The second kappa shape index (κ2) is 3.77. The summed E-state index contributed by atoms with van der Waals surface area (Å²) in [7, 11) is 0. The lowest BCUT2D eigenvalue weighted by Crippen LogP contribution is -2.49. The van der Waals surface area contributed by atoms with Gasteiger partial charge in [-0.25, -0.2) is 9.97 Å². The molecule has 4 aliphatic carbocycles. The number of hydrogen-bond donors (Lipinski definition) is 1. The number of aromatic nitrogens is 2. The monoisotopic (exact) mass is 243 g/mol. The number of rotatable bonds is 2. The molecule has 5 rings (SSSR count). The van der Waals surface area contributed by atoms with E-state index in [0.29, 0.717) is 12.0 Å². The molecule has 0 spiro atoms. The molecule has 1 heterocycles. The molecule has 4 aliphatic rings. The van der Waals surface area contributed by atoms with Gasteiger partial charge >= 0.3 is 0 Å². The van der Waals surface area contributed by atoms with Gasteiger partial charge in [0.2, 0.25) is 0 Å². The van der Waals surface area contributed by atoms with Crippen LogP contribution in [0.25, 0.3) is 0 Å². The first kappa shape index (κ1) is 10.9. The molecule has 1 aromatic rings. The summed E-state index contributed by atoms with van der Waals surface area (Å²) in [5, 5.41) is 0. The summed E-state index contributed by atoms with van der Waals surface area (Å²) in [6.07, 6.45) is 12.1. The molecule has 4 fully saturated rings. The average molecular weight is 243 g/mol. The second-order valence-corrected chi connectivity index (χ2v) is 6.80. The van der Waals surface area contributed by atoms with E-state index < -0.39 is 0 Å². The van der Waals surface area contributed by atoms with Crippen molar-refractivity contribution in [2.24, 2.45) is 23.5 Å². The van der Waals surface area contributed by atoms with Crippen LogP contribution in [-0.2, 0) is 12.0 Å². The molecule has 0 unspecified atom stereocenters. The van der Waals surface area contributed by atoms with Gasteiger partial charge in [-0.05, 0) is 56.3 Å². The molecule has 3 heteroatoms. The minimum absolute atomic E-state index is 0.354. The summed E-state index contributed by atoms with van der Waals surface area (Å²) in [5.74, 6) is 2.87. The minimum atomic E-state index is 0.354. The second-order valence-electron chi connectivity index (χ2n) is 6.80. The molecule has 0 atom stereocenters. The van der Waals surface area contributed by atoms with E-state index in [4.69, 9.17) is 5.73 Å². The molecule has 1 aromatic heterocycles. The van der Waals surface area contributed by atoms with Crippen LogP contribution in [0.4, 0.5) is 0 Å². The van der Waals surface area contributed by atoms with Gasteiger partial charge in [0, 0.05) is 23.7 Å². The van der Waals surface area contributed by atoms with Crippen LogP contribution >= 0.6 is 0 Å². The van der Waals surface area contributed by atoms with Crippen molar-refractivity contribution >= 4 is 0 Å². The van der Waals surface area contributed by atoms with Gasteiger partial charge in [-0.15, -0.1) is 0 Å². The van der Waals surface area contributed by atoms with Crippen LogP contribution in [0.3, 0.4) is 0 Å². The molecule has 0 aliphatic heterocycles. The lowest BCUT2D eigenvalue weighted by Gasteiger charge is -2.56. The third kappa shape index (κ3) is 1.46. The van der Waals surface area contributed by atoms with Crippen molar-refractivity contribution in [2.45, 2.75) is 50.5 Å². The number of nitrogens with zero attached hydrogens (tertiary/aromatic N) is 2. The highest BCUT2D eigenvalue weighted by atomic mass is 14.9. The lowest BCUT2D eigenvalue weighted by atomic mass is 9.48. The van der Waals surface area contributed by atoms with E-state index in [0.717, 1.165) is 17.8 Å². The van der Waals surface area contributed by atoms with Gasteiger partial charge in [-0.2, -0.15) is 0 Å². The topological polar surface area (TPSA) is 51.8 Å². The number of hydrogen-bond acceptors (Lipinski definition) is 3. The summed E-state index contributed by atoms with van der Waals surface area (Å²) < 4.78 is 0. The zero-order valence-electron chi connectivity index (χ0n) is 10.8. The van der Waals surface area contributed by atoms with Crippen molar-refractivity contribution in [1.82, 2.24) is 9.97 Å². The maximum absolute atomic E-state index is 5.89. The molecule has 18 heavy (non-hydrogen) atoms. The van der Waals surface area contributed by atoms with E-state index in [-0.39, 0.29) is 0 Å². The zero-order chi connectivity index (χ0) is 12.2. The fourth-order valence-corrected chi connectivity index (χ4v) is 5.39. The Balaban J connectivity index is 1.79. The summed E-state index contributed by atoms with van der Waals surface area (Å²) >= 11 is 0. The van der Waals surface area contributed by atoms with Crippen LogP contribution in [0, 0.1) is 17.8 Å². The Morgan fingerprint density at radius 3 is 2.28 bits per heavy atom. The van der Waals surface area contributed by atoms with E-state index in [9.17, 15) is 0 Å². The van der Waals surface area contributed by atoms with Crippen LogP contribution < -0.4 is 5.73 Å². The van der Waals surface area contributed by atoms with Crippen molar-refractivity contribution in [2.75, 3.05) is 0 Å². The largest absolute Gasteiger partial charge is 0.326 e. The van der Waals surface area contributed by atoms with E-state index >= 15 is 0 Å². The summed E-state index contributed by atoms with van der Waals surface area (Å²) in [6.45, 7) is 0.581. The highest BCUT2D eigenvalue weighted by Crippen LogP contribution is 2.60. The Bertz CT molecular complexity index is 433. The smallest absolute Gasteiger partial charge is 0.115 e. The molecular weight excluding hydrogens is 222 g/mol. The predicted molar refractivity (Wildman–Crippen MR) is 69.8 cm³/mol. The van der Waals surface area contributed by atoms with Gasteiger partial charge in [0.15, 0.2) is 0 Å². The third-order valence-electron chi connectivity index (χ3n) is 5.55. The lowest BCUT2D eigenvalue weighted by molar-refractivity contribution is -0.00769. The van der Waals surface area contributed by atoms with Crippen molar-refractivity contribution in [3.63, 3.8) is 0 Å². The standard InChI is InChI=1S/C15H21N3/c16-7-13-8-17-9-18-14(13)15-4-10-1-11(5-15)3-12(2-10)6-15/h8-12H,1-7,16H2. The predicted octanol–water partition coefficient (Wildman–Crippen LogP) is 2.40. The zero-order valence-corrected chi connectivity index (χ0v) is 10.8. The average Bonchev–Trinajstić information content (AvgIpc) is 2.37. The fourth-order valence-electron chi connectivity index (χ4n) is 5.39. The summed E-state index contributed by atoms with van der Waals surface area (Å²) in [5.41, 5.74) is 8.71. The minimum Gasteiger partial charge on any atom is -0.326 e. The van der Waals surface area contributed by atoms with E-state index in [1.54, 1.807) is 6.33 Å². The van der Waals surface area contributed by atoms with Crippen LogP contribution in [-0.4, -0.2) is 9.97 Å². The van der Waals surface area contributed by atoms with Gasteiger partial charge in [0.1, 0.15) is 6.33 Å². The normalized spacial score (nSPS) is 41.3. The molecule has 96 valence electrons. The molecule has 4 saturated carbocycles. The Morgan fingerprint density at radius 1 is 1.11 bits per heavy atom. The summed E-state index contributed by atoms with van der Waals surface area (Å²) in [6, 6.07) is 0. The van der Waals surface area contributed by atoms with E-state index in [2.05, 4.69) is 9.97 Å². The van der Waals surface area contributed by atoms with E-state index in [1.807, 2.05) is 6.20 Å². The number of nitrogens with two attached hydrogens (primary N) is 1.